The number of nitrogens with zero attached hydrogens (tertiary/aromatic N) is 2. The molecular formula is C16H21N4O3. The van der Waals surface area contributed by atoms with Gasteiger partial charge < -0.3 is 25.6 Å². The molecule has 1 radical (unpaired) electrons. The molecule has 1 unspecified atom stereocenters. The van der Waals surface area contributed by atoms with Gasteiger partial charge in [-0.3, -0.25) is 9.59 Å². The first-order valence-electron chi connectivity index (χ1n) is 7.77. The van der Waals surface area contributed by atoms with Crippen molar-refractivity contribution < 1.29 is 14.3 Å². The second-order valence-corrected chi connectivity index (χ2v) is 5.94. The van der Waals surface area contributed by atoms with Crippen molar-refractivity contribution in [3.8, 4) is 5.75 Å². The predicted molar refractivity (Wildman–Crippen MR) is 85.4 cm³/mol. The minimum atomic E-state index is -0.501. The van der Waals surface area contributed by atoms with Gasteiger partial charge in [-0.25, -0.2) is 0 Å². The number of rotatable bonds is 2. The minimum absolute atomic E-state index is 0.0643. The Hall–Kier alpha value is -2.28. The van der Waals surface area contributed by atoms with Gasteiger partial charge in [-0.2, -0.15) is 0 Å². The summed E-state index contributed by atoms with van der Waals surface area (Å²) >= 11 is 0. The molecule has 1 atom stereocenters. The maximum atomic E-state index is 12.8. The van der Waals surface area contributed by atoms with Crippen LogP contribution in [0.5, 0.6) is 5.75 Å². The van der Waals surface area contributed by atoms with E-state index in [1.165, 1.54) is 0 Å². The third-order valence-electron chi connectivity index (χ3n) is 4.29. The molecule has 2 aliphatic rings. The number of ether oxygens (including phenoxy) is 1. The Morgan fingerprint density at radius 1 is 1.30 bits per heavy atom. The summed E-state index contributed by atoms with van der Waals surface area (Å²) in [5, 5.41) is 3.05. The summed E-state index contributed by atoms with van der Waals surface area (Å²) in [6, 6.07) is 5.77. The van der Waals surface area contributed by atoms with Crippen LogP contribution in [-0.2, 0) is 4.79 Å². The number of amides is 2. The summed E-state index contributed by atoms with van der Waals surface area (Å²) in [6.07, 6.45) is 0.464. The molecule has 2 heterocycles. The molecule has 7 nitrogen and oxygen atoms in total. The van der Waals surface area contributed by atoms with Crippen LogP contribution in [0.15, 0.2) is 12.1 Å². The van der Waals surface area contributed by atoms with E-state index in [9.17, 15) is 9.59 Å². The highest BCUT2D eigenvalue weighted by Crippen LogP contribution is 2.33. The highest BCUT2D eigenvalue weighted by Gasteiger charge is 2.27. The topological polar surface area (TPSA) is 87.9 Å². The number of piperazine rings is 1. The molecule has 3 rings (SSSR count). The van der Waals surface area contributed by atoms with Crippen molar-refractivity contribution >= 4 is 17.5 Å². The highest BCUT2D eigenvalue weighted by atomic mass is 16.5. The molecule has 0 aliphatic carbocycles. The quantitative estimate of drug-likeness (QED) is 0.797. The van der Waals surface area contributed by atoms with Crippen LogP contribution in [0, 0.1) is 6.07 Å². The lowest BCUT2D eigenvalue weighted by Crippen LogP contribution is -2.47. The maximum absolute atomic E-state index is 12.8. The van der Waals surface area contributed by atoms with Gasteiger partial charge in [0.05, 0.1) is 17.9 Å². The van der Waals surface area contributed by atoms with Crippen LogP contribution in [0.1, 0.15) is 16.8 Å². The number of hydrogen-bond acceptors (Lipinski definition) is 5. The molecule has 1 fully saturated rings. The first-order chi connectivity index (χ1) is 11.1. The van der Waals surface area contributed by atoms with Crippen molar-refractivity contribution in [1.29, 1.82) is 0 Å². The smallest absolute Gasteiger partial charge is 0.257 e. The molecule has 2 aliphatic heterocycles. The second kappa shape index (κ2) is 6.45. The van der Waals surface area contributed by atoms with Crippen LogP contribution in [0.2, 0.25) is 0 Å². The fraction of sp³-hybridized carbons (Fsp3) is 0.500. The monoisotopic (exact) mass is 317 g/mol. The Labute approximate surface area is 135 Å². The van der Waals surface area contributed by atoms with Crippen LogP contribution in [0.4, 0.5) is 5.69 Å². The Morgan fingerprint density at radius 2 is 2.04 bits per heavy atom. The van der Waals surface area contributed by atoms with Crippen molar-refractivity contribution in [2.75, 3.05) is 45.2 Å². The highest BCUT2D eigenvalue weighted by molar-refractivity contribution is 5.99. The zero-order chi connectivity index (χ0) is 16.4. The summed E-state index contributed by atoms with van der Waals surface area (Å²) in [7, 11) is 2.04. The van der Waals surface area contributed by atoms with Crippen molar-refractivity contribution in [2.45, 2.75) is 12.5 Å². The third-order valence-corrected chi connectivity index (χ3v) is 4.29. The van der Waals surface area contributed by atoms with E-state index in [1.54, 1.807) is 12.1 Å². The molecule has 2 amide bonds. The fourth-order valence-electron chi connectivity index (χ4n) is 2.84. The molecule has 1 aromatic carbocycles. The molecule has 0 bridgehead atoms. The molecule has 0 saturated carbocycles. The van der Waals surface area contributed by atoms with Crippen molar-refractivity contribution in [3.05, 3.63) is 23.8 Å². The average Bonchev–Trinajstić information content (AvgIpc) is 2.77. The van der Waals surface area contributed by atoms with Gasteiger partial charge in [0.25, 0.3) is 5.91 Å². The molecular weight excluding hydrogens is 296 g/mol. The number of nitrogens with one attached hydrogen (secondary N) is 1. The Balaban J connectivity index is 1.85. The number of nitrogens with two attached hydrogens (primary N) is 1. The van der Waals surface area contributed by atoms with E-state index in [0.29, 0.717) is 43.1 Å². The SMILES string of the molecule is CN1CCN(C(=O)c2c[c]cc3c2OCCC(C(N)=O)N3)CC1. The summed E-state index contributed by atoms with van der Waals surface area (Å²) in [5.74, 6) is -0.0146. The first kappa shape index (κ1) is 15.6. The van der Waals surface area contributed by atoms with E-state index >= 15 is 0 Å². The lowest BCUT2D eigenvalue weighted by atomic mass is 10.1. The van der Waals surface area contributed by atoms with Crippen LogP contribution < -0.4 is 15.8 Å². The maximum Gasteiger partial charge on any atom is 0.257 e. The molecule has 123 valence electrons. The van der Waals surface area contributed by atoms with Crippen molar-refractivity contribution in [2.24, 2.45) is 5.73 Å². The van der Waals surface area contributed by atoms with E-state index < -0.39 is 11.9 Å². The average molecular weight is 317 g/mol. The van der Waals surface area contributed by atoms with E-state index in [1.807, 2.05) is 11.9 Å². The molecule has 1 aromatic rings. The number of hydrogen-bond donors (Lipinski definition) is 2. The lowest BCUT2D eigenvalue weighted by Gasteiger charge is -2.32. The van der Waals surface area contributed by atoms with E-state index in [2.05, 4.69) is 16.3 Å². The molecule has 1 saturated heterocycles. The van der Waals surface area contributed by atoms with E-state index in [4.69, 9.17) is 10.5 Å². The number of fused-ring (bicyclic) bond motifs is 1. The Bertz CT molecular complexity index is 611. The molecule has 0 spiro atoms. The van der Waals surface area contributed by atoms with Crippen molar-refractivity contribution in [1.82, 2.24) is 9.80 Å². The zero-order valence-electron chi connectivity index (χ0n) is 13.2. The predicted octanol–water partition coefficient (Wildman–Crippen LogP) is -0.0773. The fourth-order valence-corrected chi connectivity index (χ4v) is 2.84. The lowest BCUT2D eigenvalue weighted by molar-refractivity contribution is -0.118. The van der Waals surface area contributed by atoms with Gasteiger partial charge in [-0.1, -0.05) is 0 Å². The third kappa shape index (κ3) is 3.24. The Kier molecular flexibility index (Phi) is 4.38. The minimum Gasteiger partial charge on any atom is -0.490 e. The van der Waals surface area contributed by atoms with E-state index in [-0.39, 0.29) is 5.91 Å². The number of anilines is 1. The van der Waals surface area contributed by atoms with Gasteiger partial charge >= 0.3 is 0 Å². The number of likely N-dealkylation sites (N-methyl/N-ethyl adjacent to an activating group) is 1. The van der Waals surface area contributed by atoms with Crippen LogP contribution in [0.3, 0.4) is 0 Å². The van der Waals surface area contributed by atoms with Gasteiger partial charge in [0, 0.05) is 32.6 Å². The van der Waals surface area contributed by atoms with Gasteiger partial charge in [-0.15, -0.1) is 0 Å². The summed E-state index contributed by atoms with van der Waals surface area (Å²) < 4.78 is 5.74. The number of carbonyl (C=O) groups is 2. The van der Waals surface area contributed by atoms with Gasteiger partial charge in [0.1, 0.15) is 6.04 Å². The van der Waals surface area contributed by atoms with Gasteiger partial charge in [0.2, 0.25) is 5.91 Å². The van der Waals surface area contributed by atoms with Gasteiger partial charge in [0.15, 0.2) is 5.75 Å². The van der Waals surface area contributed by atoms with Crippen LogP contribution in [-0.4, -0.2) is 67.5 Å². The summed E-state index contributed by atoms with van der Waals surface area (Å²) in [6.45, 7) is 3.42. The first-order valence-corrected chi connectivity index (χ1v) is 7.77. The number of benzene rings is 1. The molecule has 7 heteroatoms. The normalized spacial score (nSPS) is 21.6. The summed E-state index contributed by atoms with van der Waals surface area (Å²) in [4.78, 5) is 28.2. The zero-order valence-corrected chi connectivity index (χ0v) is 13.2. The van der Waals surface area contributed by atoms with Crippen LogP contribution >= 0.6 is 0 Å². The number of carbonyl (C=O) groups excluding carboxylic acids is 2. The second-order valence-electron chi connectivity index (χ2n) is 5.94. The molecule has 0 aromatic heterocycles. The molecule has 23 heavy (non-hydrogen) atoms. The van der Waals surface area contributed by atoms with E-state index in [0.717, 1.165) is 13.1 Å². The summed E-state index contributed by atoms with van der Waals surface area (Å²) in [5.41, 5.74) is 6.44. The Morgan fingerprint density at radius 3 is 2.74 bits per heavy atom. The van der Waals surface area contributed by atoms with Crippen molar-refractivity contribution in [3.63, 3.8) is 0 Å². The molecule has 3 N–H and O–H groups in total. The van der Waals surface area contributed by atoms with Gasteiger partial charge in [-0.05, 0) is 25.2 Å². The van der Waals surface area contributed by atoms with Crippen LogP contribution in [0.25, 0.3) is 0 Å². The largest absolute Gasteiger partial charge is 0.490 e. The number of primary amides is 1. The standard InChI is InChI=1S/C16H21N4O3/c1-19-6-8-20(9-7-19)16(22)11-3-2-4-12-14(11)23-10-5-13(18-12)15(17)21/h3-4,13,18H,5-10H2,1H3,(H2,17,21).